The molecule has 3 N–H and O–H groups in total. The lowest BCUT2D eigenvalue weighted by Crippen LogP contribution is -2.33. The molecule has 6 nitrogen and oxygen atoms in total. The van der Waals surface area contributed by atoms with Crippen LogP contribution in [0.25, 0.3) is 0 Å². The van der Waals surface area contributed by atoms with Gasteiger partial charge in [0.2, 0.25) is 0 Å². The van der Waals surface area contributed by atoms with E-state index in [0.717, 1.165) is 5.69 Å². The maximum atomic E-state index is 11.7. The second-order valence-electron chi connectivity index (χ2n) is 4.45. The molecule has 1 aromatic rings. The van der Waals surface area contributed by atoms with E-state index in [-0.39, 0.29) is 17.9 Å². The molecule has 0 saturated heterocycles. The van der Waals surface area contributed by atoms with Gasteiger partial charge in [-0.2, -0.15) is 5.10 Å². The first kappa shape index (κ1) is 11.6. The zero-order valence-electron chi connectivity index (χ0n) is 9.56. The van der Waals surface area contributed by atoms with Gasteiger partial charge in [0.15, 0.2) is 0 Å². The molecule has 1 fully saturated rings. The standard InChI is InChI=1S/C11H15N3O3/c1-6-4-9(14-13-6)10(15)12-8-3-2-7(5-8)11(16)17/h4,7-8H,2-3,5H2,1H3,(H,12,15)(H,13,14)(H,16,17)/t7-,8+/m1/s1. The van der Waals surface area contributed by atoms with Crippen LogP contribution in [0.15, 0.2) is 6.07 Å². The second kappa shape index (κ2) is 4.57. The number of aromatic amines is 1. The molecule has 0 unspecified atom stereocenters. The van der Waals surface area contributed by atoms with Crippen molar-refractivity contribution < 1.29 is 14.7 Å². The minimum Gasteiger partial charge on any atom is -0.481 e. The van der Waals surface area contributed by atoms with Crippen LogP contribution in [0.2, 0.25) is 0 Å². The van der Waals surface area contributed by atoms with Gasteiger partial charge in [-0.1, -0.05) is 0 Å². The minimum atomic E-state index is -0.780. The van der Waals surface area contributed by atoms with E-state index in [2.05, 4.69) is 15.5 Å². The van der Waals surface area contributed by atoms with E-state index < -0.39 is 5.97 Å². The molecule has 0 bridgehead atoms. The van der Waals surface area contributed by atoms with Crippen LogP contribution in [0.1, 0.15) is 35.4 Å². The molecule has 1 aliphatic carbocycles. The van der Waals surface area contributed by atoms with Crippen molar-refractivity contribution in [2.24, 2.45) is 5.92 Å². The van der Waals surface area contributed by atoms with Crippen molar-refractivity contribution in [3.63, 3.8) is 0 Å². The molecule has 0 radical (unpaired) electrons. The van der Waals surface area contributed by atoms with Gasteiger partial charge in [-0.05, 0) is 32.3 Å². The number of rotatable bonds is 3. The number of aliphatic carboxylic acids is 1. The number of aryl methyl sites for hydroxylation is 1. The summed E-state index contributed by atoms with van der Waals surface area (Å²) < 4.78 is 0. The fourth-order valence-corrected chi connectivity index (χ4v) is 2.13. The van der Waals surface area contributed by atoms with Crippen molar-refractivity contribution in [2.45, 2.75) is 32.2 Å². The zero-order chi connectivity index (χ0) is 12.4. The number of carboxylic acids is 1. The summed E-state index contributed by atoms with van der Waals surface area (Å²) in [5.74, 6) is -1.36. The number of hydrogen-bond acceptors (Lipinski definition) is 3. The number of carbonyl (C=O) groups excluding carboxylic acids is 1. The topological polar surface area (TPSA) is 95.1 Å². The normalized spacial score (nSPS) is 23.6. The van der Waals surface area contributed by atoms with Crippen LogP contribution in [0.5, 0.6) is 0 Å². The molecule has 0 aromatic carbocycles. The van der Waals surface area contributed by atoms with Gasteiger partial charge in [0.1, 0.15) is 5.69 Å². The maximum absolute atomic E-state index is 11.7. The smallest absolute Gasteiger partial charge is 0.306 e. The number of carboxylic acid groups (broad SMARTS) is 1. The lowest BCUT2D eigenvalue weighted by Gasteiger charge is -2.10. The SMILES string of the molecule is Cc1cc(C(=O)N[C@H]2CC[C@@H](C(=O)O)C2)n[nH]1. The van der Waals surface area contributed by atoms with Gasteiger partial charge in [-0.25, -0.2) is 0 Å². The third-order valence-electron chi connectivity index (χ3n) is 3.06. The van der Waals surface area contributed by atoms with Crippen LogP contribution >= 0.6 is 0 Å². The predicted molar refractivity (Wildman–Crippen MR) is 59.6 cm³/mol. The molecule has 1 amide bonds. The van der Waals surface area contributed by atoms with Gasteiger partial charge in [-0.15, -0.1) is 0 Å². The van der Waals surface area contributed by atoms with Gasteiger partial charge < -0.3 is 10.4 Å². The van der Waals surface area contributed by atoms with E-state index in [9.17, 15) is 9.59 Å². The van der Waals surface area contributed by atoms with E-state index in [0.29, 0.717) is 25.0 Å². The molecular formula is C11H15N3O3. The number of H-pyrrole nitrogens is 1. The average Bonchev–Trinajstić information content (AvgIpc) is 2.86. The molecule has 0 spiro atoms. The van der Waals surface area contributed by atoms with Crippen molar-refractivity contribution in [1.82, 2.24) is 15.5 Å². The predicted octanol–water partition coefficient (Wildman–Crippen LogP) is 0.701. The quantitative estimate of drug-likeness (QED) is 0.721. The van der Waals surface area contributed by atoms with E-state index >= 15 is 0 Å². The summed E-state index contributed by atoms with van der Waals surface area (Å²) >= 11 is 0. The highest BCUT2D eigenvalue weighted by Gasteiger charge is 2.30. The summed E-state index contributed by atoms with van der Waals surface area (Å²) in [6, 6.07) is 1.61. The monoisotopic (exact) mass is 237 g/mol. The lowest BCUT2D eigenvalue weighted by atomic mass is 10.1. The van der Waals surface area contributed by atoms with Crippen LogP contribution in [-0.4, -0.2) is 33.2 Å². The molecule has 92 valence electrons. The highest BCUT2D eigenvalue weighted by Crippen LogP contribution is 2.25. The number of nitrogens with zero attached hydrogens (tertiary/aromatic N) is 1. The van der Waals surface area contributed by atoms with Crippen LogP contribution in [0.3, 0.4) is 0 Å². The average molecular weight is 237 g/mol. The van der Waals surface area contributed by atoms with Gasteiger partial charge in [0.25, 0.3) is 5.91 Å². The third kappa shape index (κ3) is 2.64. The summed E-state index contributed by atoms with van der Waals surface area (Å²) in [4.78, 5) is 22.5. The summed E-state index contributed by atoms with van der Waals surface area (Å²) in [5.41, 5.74) is 1.17. The Balaban J connectivity index is 1.90. The molecule has 2 atom stereocenters. The number of amides is 1. The third-order valence-corrected chi connectivity index (χ3v) is 3.06. The Hall–Kier alpha value is -1.85. The Labute approximate surface area is 98.4 Å². The first-order chi connectivity index (χ1) is 8.06. The molecule has 2 rings (SSSR count). The van der Waals surface area contributed by atoms with Crippen LogP contribution in [0, 0.1) is 12.8 Å². The molecule has 17 heavy (non-hydrogen) atoms. The summed E-state index contributed by atoms with van der Waals surface area (Å²) in [6.45, 7) is 1.82. The van der Waals surface area contributed by atoms with Gasteiger partial charge in [0.05, 0.1) is 5.92 Å². The molecule has 1 heterocycles. The van der Waals surface area contributed by atoms with Crippen molar-refractivity contribution in [3.8, 4) is 0 Å². The lowest BCUT2D eigenvalue weighted by molar-refractivity contribution is -0.141. The summed E-state index contributed by atoms with van der Waals surface area (Å²) in [6.07, 6.45) is 1.84. The van der Waals surface area contributed by atoms with Crippen LogP contribution in [0.4, 0.5) is 0 Å². The van der Waals surface area contributed by atoms with Gasteiger partial charge in [-0.3, -0.25) is 14.7 Å². The van der Waals surface area contributed by atoms with Crippen molar-refractivity contribution >= 4 is 11.9 Å². The Kier molecular flexibility index (Phi) is 3.12. The fraction of sp³-hybridized carbons (Fsp3) is 0.545. The Morgan fingerprint density at radius 2 is 2.29 bits per heavy atom. The van der Waals surface area contributed by atoms with Gasteiger partial charge >= 0.3 is 5.97 Å². The first-order valence-electron chi connectivity index (χ1n) is 5.62. The van der Waals surface area contributed by atoms with Crippen molar-refractivity contribution in [2.75, 3.05) is 0 Å². The highest BCUT2D eigenvalue weighted by molar-refractivity contribution is 5.92. The molecule has 0 aliphatic heterocycles. The van der Waals surface area contributed by atoms with Gasteiger partial charge in [0, 0.05) is 11.7 Å². The van der Waals surface area contributed by atoms with Crippen molar-refractivity contribution in [1.29, 1.82) is 0 Å². The molecule has 6 heteroatoms. The zero-order valence-corrected chi connectivity index (χ0v) is 9.56. The second-order valence-corrected chi connectivity index (χ2v) is 4.45. The van der Waals surface area contributed by atoms with E-state index in [1.807, 2.05) is 6.92 Å². The molecule has 1 aromatic heterocycles. The fourth-order valence-electron chi connectivity index (χ4n) is 2.13. The minimum absolute atomic E-state index is 0.0550. The molecule has 1 saturated carbocycles. The Bertz CT molecular complexity index is 441. The van der Waals surface area contributed by atoms with E-state index in [1.54, 1.807) is 6.07 Å². The highest BCUT2D eigenvalue weighted by atomic mass is 16.4. The van der Waals surface area contributed by atoms with Crippen LogP contribution in [-0.2, 0) is 4.79 Å². The molecule has 1 aliphatic rings. The number of aromatic nitrogens is 2. The van der Waals surface area contributed by atoms with E-state index in [4.69, 9.17) is 5.11 Å². The van der Waals surface area contributed by atoms with E-state index in [1.165, 1.54) is 0 Å². The van der Waals surface area contributed by atoms with Crippen LogP contribution < -0.4 is 5.32 Å². The number of hydrogen-bond donors (Lipinski definition) is 3. The maximum Gasteiger partial charge on any atom is 0.306 e. The molecular weight excluding hydrogens is 222 g/mol. The number of carbonyl (C=O) groups is 2. The van der Waals surface area contributed by atoms with Crippen molar-refractivity contribution in [3.05, 3.63) is 17.5 Å². The summed E-state index contributed by atoms with van der Waals surface area (Å²) in [7, 11) is 0. The Morgan fingerprint density at radius 1 is 1.53 bits per heavy atom. The first-order valence-corrected chi connectivity index (χ1v) is 5.62. The summed E-state index contributed by atoms with van der Waals surface area (Å²) in [5, 5.41) is 18.2. The number of nitrogens with one attached hydrogen (secondary N) is 2. The largest absolute Gasteiger partial charge is 0.481 e. The Morgan fingerprint density at radius 3 is 2.82 bits per heavy atom.